The molecule has 2 heterocycles. The lowest BCUT2D eigenvalue weighted by molar-refractivity contribution is 0.651. The van der Waals surface area contributed by atoms with Gasteiger partial charge >= 0.3 is 0 Å². The quantitative estimate of drug-likeness (QED) is 0.521. The fourth-order valence-electron chi connectivity index (χ4n) is 2.50. The summed E-state index contributed by atoms with van der Waals surface area (Å²) in [6, 6.07) is 0. The number of nitrogens with zero attached hydrogens (tertiary/aromatic N) is 2. The molecule has 1 aliphatic rings. The molecule has 8 heteroatoms. The van der Waals surface area contributed by atoms with Crippen LogP contribution in [0.15, 0.2) is 45.6 Å². The predicted molar refractivity (Wildman–Crippen MR) is 112 cm³/mol. The van der Waals surface area contributed by atoms with Gasteiger partial charge in [0.1, 0.15) is 16.5 Å². The van der Waals surface area contributed by atoms with Gasteiger partial charge in [-0.2, -0.15) is 0 Å². The van der Waals surface area contributed by atoms with E-state index in [1.54, 1.807) is 43.2 Å². The summed E-state index contributed by atoms with van der Waals surface area (Å²) in [5.74, 6) is 0.429. The van der Waals surface area contributed by atoms with Crippen molar-refractivity contribution in [2.24, 2.45) is 0 Å². The van der Waals surface area contributed by atoms with E-state index in [2.05, 4.69) is 16.6 Å². The molecule has 0 aliphatic carbocycles. The summed E-state index contributed by atoms with van der Waals surface area (Å²) in [6.45, 7) is 9.64. The fourth-order valence-corrected chi connectivity index (χ4v) is 4.14. The number of rotatable bonds is 7. The first kappa shape index (κ1) is 20.7. The van der Waals surface area contributed by atoms with Gasteiger partial charge in [0.25, 0.3) is 5.56 Å². The average Bonchev–Trinajstić information content (AvgIpc) is 3.04. The zero-order chi connectivity index (χ0) is 19.4. The summed E-state index contributed by atoms with van der Waals surface area (Å²) >= 11 is 3.03. The maximum atomic E-state index is 14.5. The minimum atomic E-state index is -0.418. The number of allylic oxidation sites excluding steroid dienone is 4. The number of hydrogen-bond donors (Lipinski definition) is 2. The summed E-state index contributed by atoms with van der Waals surface area (Å²) in [6.07, 6.45) is 3.02. The Bertz CT molecular complexity index is 827. The third-order valence-electron chi connectivity index (χ3n) is 3.71. The van der Waals surface area contributed by atoms with Gasteiger partial charge in [-0.05, 0) is 40.9 Å². The van der Waals surface area contributed by atoms with Crippen LogP contribution in [0.4, 0.5) is 15.8 Å². The molecule has 0 saturated carbocycles. The fraction of sp³-hybridized carbons (Fsp3) is 0.389. The van der Waals surface area contributed by atoms with Crippen molar-refractivity contribution in [1.29, 1.82) is 0 Å². The highest BCUT2D eigenvalue weighted by molar-refractivity contribution is 8.00. The molecule has 0 fully saturated rings. The number of halogens is 1. The minimum Gasteiger partial charge on any atom is -0.351 e. The third kappa shape index (κ3) is 4.55. The van der Waals surface area contributed by atoms with Crippen LogP contribution in [0.1, 0.15) is 19.4 Å². The Morgan fingerprint density at radius 3 is 2.69 bits per heavy atom. The topological polar surface area (TPSA) is 49.3 Å². The summed E-state index contributed by atoms with van der Waals surface area (Å²) in [4.78, 5) is 12.7. The average molecular weight is 397 g/mol. The van der Waals surface area contributed by atoms with Gasteiger partial charge < -0.3 is 14.6 Å². The number of anilines is 2. The number of aromatic nitrogens is 1. The van der Waals surface area contributed by atoms with E-state index in [1.165, 1.54) is 18.2 Å². The molecule has 142 valence electrons. The second kappa shape index (κ2) is 8.83. The molecule has 0 aromatic carbocycles. The van der Waals surface area contributed by atoms with Gasteiger partial charge in [0.15, 0.2) is 0 Å². The van der Waals surface area contributed by atoms with E-state index in [1.807, 2.05) is 18.4 Å². The molecule has 5 nitrogen and oxygen atoms in total. The smallest absolute Gasteiger partial charge is 0.256 e. The van der Waals surface area contributed by atoms with Crippen molar-refractivity contribution in [2.75, 3.05) is 29.9 Å². The van der Waals surface area contributed by atoms with Crippen LogP contribution in [0.2, 0.25) is 0 Å². The molecule has 0 bridgehead atoms. The van der Waals surface area contributed by atoms with E-state index < -0.39 is 5.83 Å². The molecular weight excluding hydrogens is 371 g/mol. The van der Waals surface area contributed by atoms with Crippen LogP contribution in [0.25, 0.3) is 0 Å². The Kier molecular flexibility index (Phi) is 7.02. The van der Waals surface area contributed by atoms with E-state index in [4.69, 9.17) is 0 Å². The molecular formula is C18H25FN4OS2. The second-order valence-electron chi connectivity index (χ2n) is 6.16. The minimum absolute atomic E-state index is 0.0485. The Morgan fingerprint density at radius 1 is 1.42 bits per heavy atom. The van der Waals surface area contributed by atoms with Crippen LogP contribution in [-0.2, 0) is 6.54 Å². The highest BCUT2D eigenvalue weighted by atomic mass is 32.2. The summed E-state index contributed by atoms with van der Waals surface area (Å²) in [5, 5.41) is 3.99. The molecule has 0 atom stereocenters. The highest BCUT2D eigenvalue weighted by Gasteiger charge is 2.24. The number of pyridine rings is 1. The third-order valence-corrected chi connectivity index (χ3v) is 5.46. The van der Waals surface area contributed by atoms with Crippen LogP contribution < -0.4 is 15.6 Å². The maximum Gasteiger partial charge on any atom is 0.256 e. The van der Waals surface area contributed by atoms with Crippen molar-refractivity contribution in [3.63, 3.8) is 0 Å². The number of thioether (sulfide) groups is 1. The molecule has 2 rings (SSSR count). The molecule has 0 amide bonds. The Balaban J connectivity index is 2.54. The maximum absolute atomic E-state index is 14.5. The Labute approximate surface area is 162 Å². The summed E-state index contributed by atoms with van der Waals surface area (Å²) in [5.41, 5.74) is 2.83. The van der Waals surface area contributed by atoms with Crippen molar-refractivity contribution in [1.82, 2.24) is 8.87 Å². The van der Waals surface area contributed by atoms with E-state index >= 15 is 0 Å². The monoisotopic (exact) mass is 396 g/mol. The standard InChI is InChI=1S/C18H25FN4OS2/c1-7-14(13(19)10-11(2)3)20-15-12(4)17(24)23-8-9-25-18(23)16(15)21-26-22(5)6/h7,10,20-21H,2,8-9H2,1,3-6H3/b13-10+,14-7+. The van der Waals surface area contributed by atoms with Crippen molar-refractivity contribution >= 4 is 35.3 Å². The zero-order valence-electron chi connectivity index (χ0n) is 15.8. The van der Waals surface area contributed by atoms with E-state index in [9.17, 15) is 9.18 Å². The van der Waals surface area contributed by atoms with Crippen LogP contribution in [0.5, 0.6) is 0 Å². The zero-order valence-corrected chi connectivity index (χ0v) is 17.4. The van der Waals surface area contributed by atoms with Gasteiger partial charge in [0.05, 0.1) is 11.4 Å². The second-order valence-corrected chi connectivity index (χ2v) is 8.36. The molecule has 2 N–H and O–H groups in total. The summed E-state index contributed by atoms with van der Waals surface area (Å²) in [7, 11) is 3.85. The van der Waals surface area contributed by atoms with E-state index in [0.29, 0.717) is 29.1 Å². The number of nitrogens with one attached hydrogen (secondary N) is 2. The van der Waals surface area contributed by atoms with Crippen LogP contribution in [0.3, 0.4) is 0 Å². The van der Waals surface area contributed by atoms with Gasteiger partial charge in [-0.3, -0.25) is 4.79 Å². The normalized spacial score (nSPS) is 14.6. The van der Waals surface area contributed by atoms with Crippen molar-refractivity contribution in [2.45, 2.75) is 32.3 Å². The molecule has 1 aliphatic heterocycles. The first-order chi connectivity index (χ1) is 12.3. The lowest BCUT2D eigenvalue weighted by Crippen LogP contribution is -2.24. The lowest BCUT2D eigenvalue weighted by atomic mass is 10.2. The first-order valence-electron chi connectivity index (χ1n) is 8.23. The van der Waals surface area contributed by atoms with Gasteiger partial charge in [-0.15, -0.1) is 11.8 Å². The molecule has 0 saturated heterocycles. The van der Waals surface area contributed by atoms with E-state index in [0.717, 1.165) is 16.5 Å². The van der Waals surface area contributed by atoms with Gasteiger partial charge in [-0.25, -0.2) is 8.70 Å². The molecule has 0 unspecified atom stereocenters. The molecule has 26 heavy (non-hydrogen) atoms. The SMILES string of the molecule is C=C(C)/C=C(F)\C(=C/C)Nc1c(NSN(C)C)c2n(c(=O)c1C)CCS2. The first-order valence-corrected chi connectivity index (χ1v) is 9.99. The van der Waals surface area contributed by atoms with Gasteiger partial charge in [-0.1, -0.05) is 18.2 Å². The van der Waals surface area contributed by atoms with E-state index in [-0.39, 0.29) is 5.56 Å². The van der Waals surface area contributed by atoms with Crippen molar-refractivity contribution in [3.8, 4) is 0 Å². The molecule has 1 aromatic rings. The molecule has 1 aromatic heterocycles. The molecule has 0 radical (unpaired) electrons. The molecule has 0 spiro atoms. The number of fused-ring (bicyclic) bond motifs is 1. The van der Waals surface area contributed by atoms with Gasteiger partial charge in [0, 0.05) is 30.0 Å². The van der Waals surface area contributed by atoms with Gasteiger partial charge in [0.2, 0.25) is 0 Å². The Morgan fingerprint density at radius 2 is 2.12 bits per heavy atom. The lowest BCUT2D eigenvalue weighted by Gasteiger charge is -2.21. The Hall–Kier alpha value is -1.64. The number of hydrogen-bond acceptors (Lipinski definition) is 6. The van der Waals surface area contributed by atoms with Crippen LogP contribution in [0, 0.1) is 6.92 Å². The largest absolute Gasteiger partial charge is 0.351 e. The van der Waals surface area contributed by atoms with Crippen LogP contribution >= 0.6 is 23.9 Å². The van der Waals surface area contributed by atoms with Crippen molar-refractivity contribution in [3.05, 3.63) is 51.7 Å². The van der Waals surface area contributed by atoms with Crippen LogP contribution in [-0.4, -0.2) is 28.7 Å². The highest BCUT2D eigenvalue weighted by Crippen LogP contribution is 2.40. The summed E-state index contributed by atoms with van der Waals surface area (Å²) < 4.78 is 21.5. The predicted octanol–water partition coefficient (Wildman–Crippen LogP) is 4.54. The van der Waals surface area contributed by atoms with Crippen molar-refractivity contribution < 1.29 is 4.39 Å².